The first-order valence-corrected chi connectivity index (χ1v) is 9.75. The number of carbonyl (C=O) groups excluding carboxylic acids is 1. The van der Waals surface area contributed by atoms with Crippen LogP contribution in [0.3, 0.4) is 0 Å². The molecule has 0 fully saturated rings. The molecule has 0 aliphatic rings. The number of aromatic nitrogens is 2. The Morgan fingerprint density at radius 1 is 1.04 bits per heavy atom. The maximum atomic E-state index is 12.7. The summed E-state index contributed by atoms with van der Waals surface area (Å²) < 4.78 is 1.86. The van der Waals surface area contributed by atoms with Gasteiger partial charge in [0.1, 0.15) is 4.83 Å². The van der Waals surface area contributed by atoms with Gasteiger partial charge in [-0.25, -0.2) is 4.68 Å². The number of nitrogens with one attached hydrogen (secondary N) is 1. The van der Waals surface area contributed by atoms with Gasteiger partial charge in [-0.2, -0.15) is 5.10 Å². The molecule has 0 spiro atoms. The van der Waals surface area contributed by atoms with Crippen molar-refractivity contribution in [1.82, 2.24) is 9.78 Å². The van der Waals surface area contributed by atoms with E-state index >= 15 is 0 Å². The van der Waals surface area contributed by atoms with E-state index in [9.17, 15) is 4.79 Å². The Labute approximate surface area is 166 Å². The summed E-state index contributed by atoms with van der Waals surface area (Å²) in [5.41, 5.74) is 4.96. The smallest absolute Gasteiger partial charge is 0.265 e. The monoisotopic (exact) mass is 395 g/mol. The molecule has 4 rings (SSSR count). The van der Waals surface area contributed by atoms with Crippen LogP contribution in [-0.4, -0.2) is 15.7 Å². The molecular formula is C21H18ClN3OS. The van der Waals surface area contributed by atoms with E-state index in [0.717, 1.165) is 32.8 Å². The molecule has 0 bridgehead atoms. The topological polar surface area (TPSA) is 46.9 Å². The van der Waals surface area contributed by atoms with E-state index in [2.05, 4.69) is 17.3 Å². The van der Waals surface area contributed by atoms with Gasteiger partial charge in [-0.1, -0.05) is 17.7 Å². The van der Waals surface area contributed by atoms with E-state index < -0.39 is 0 Å². The number of amides is 1. The van der Waals surface area contributed by atoms with Crippen molar-refractivity contribution in [1.29, 1.82) is 0 Å². The molecule has 0 aliphatic carbocycles. The highest BCUT2D eigenvalue weighted by Crippen LogP contribution is 2.31. The predicted molar refractivity (Wildman–Crippen MR) is 113 cm³/mol. The van der Waals surface area contributed by atoms with Crippen LogP contribution in [0.1, 0.15) is 26.5 Å². The largest absolute Gasteiger partial charge is 0.321 e. The Morgan fingerprint density at radius 3 is 2.48 bits per heavy atom. The summed E-state index contributed by atoms with van der Waals surface area (Å²) >= 11 is 7.42. The molecule has 6 heteroatoms. The number of nitrogens with zero attached hydrogens (tertiary/aromatic N) is 2. The average Bonchev–Trinajstić information content (AvgIpc) is 3.20. The molecule has 0 saturated heterocycles. The van der Waals surface area contributed by atoms with Crippen LogP contribution in [0.5, 0.6) is 0 Å². The van der Waals surface area contributed by atoms with Gasteiger partial charge in [-0.15, -0.1) is 11.3 Å². The molecule has 0 radical (unpaired) electrons. The quantitative estimate of drug-likeness (QED) is 0.468. The van der Waals surface area contributed by atoms with E-state index in [-0.39, 0.29) is 5.91 Å². The van der Waals surface area contributed by atoms with Crippen LogP contribution >= 0.6 is 22.9 Å². The third kappa shape index (κ3) is 3.36. The van der Waals surface area contributed by atoms with Crippen LogP contribution in [0, 0.1) is 20.8 Å². The number of thiophene rings is 1. The summed E-state index contributed by atoms with van der Waals surface area (Å²) in [7, 11) is 0. The van der Waals surface area contributed by atoms with Crippen molar-refractivity contribution in [3.63, 3.8) is 0 Å². The van der Waals surface area contributed by atoms with E-state index in [0.29, 0.717) is 9.90 Å². The first-order valence-electron chi connectivity index (χ1n) is 8.56. The highest BCUT2D eigenvalue weighted by Gasteiger charge is 2.17. The van der Waals surface area contributed by atoms with Crippen LogP contribution in [0.15, 0.2) is 48.5 Å². The third-order valence-electron chi connectivity index (χ3n) is 4.60. The minimum Gasteiger partial charge on any atom is -0.321 e. The van der Waals surface area contributed by atoms with Gasteiger partial charge in [0, 0.05) is 16.1 Å². The molecule has 0 unspecified atom stereocenters. The lowest BCUT2D eigenvalue weighted by molar-refractivity contribution is 0.103. The first-order chi connectivity index (χ1) is 12.9. The zero-order chi connectivity index (χ0) is 19.1. The molecule has 4 nitrogen and oxygen atoms in total. The molecule has 136 valence electrons. The van der Waals surface area contributed by atoms with Gasteiger partial charge < -0.3 is 5.32 Å². The minimum absolute atomic E-state index is 0.110. The molecule has 0 saturated carbocycles. The molecule has 0 aliphatic heterocycles. The highest BCUT2D eigenvalue weighted by molar-refractivity contribution is 7.20. The average molecular weight is 396 g/mol. The summed E-state index contributed by atoms with van der Waals surface area (Å²) in [4.78, 5) is 14.3. The maximum absolute atomic E-state index is 12.7. The van der Waals surface area contributed by atoms with Crippen molar-refractivity contribution in [2.45, 2.75) is 20.8 Å². The second-order valence-corrected chi connectivity index (χ2v) is 8.02. The van der Waals surface area contributed by atoms with Crippen LogP contribution in [0.2, 0.25) is 5.02 Å². The number of aryl methyl sites for hydroxylation is 3. The van der Waals surface area contributed by atoms with Crippen LogP contribution in [-0.2, 0) is 0 Å². The zero-order valence-corrected chi connectivity index (χ0v) is 16.8. The van der Waals surface area contributed by atoms with Gasteiger partial charge in [0.2, 0.25) is 0 Å². The summed E-state index contributed by atoms with van der Waals surface area (Å²) in [6.07, 6.45) is 0. The Bertz CT molecular complexity index is 1160. The lowest BCUT2D eigenvalue weighted by Gasteiger charge is -2.06. The summed E-state index contributed by atoms with van der Waals surface area (Å²) in [5.74, 6) is -0.110. The Balaban J connectivity index is 1.68. The highest BCUT2D eigenvalue weighted by atomic mass is 35.5. The lowest BCUT2D eigenvalue weighted by atomic mass is 10.1. The standard InChI is InChI=1S/C21H18ClN3OS/c1-12-4-7-16(10-13(12)2)23-20(26)19-11-18-14(3)24-25(21(18)27-19)17-8-5-15(22)6-9-17/h4-11H,1-3H3,(H,23,26). The number of rotatable bonds is 3. The number of benzene rings is 2. The fourth-order valence-electron chi connectivity index (χ4n) is 2.93. The molecule has 2 aromatic heterocycles. The number of anilines is 1. The van der Waals surface area contributed by atoms with E-state index in [1.165, 1.54) is 16.9 Å². The van der Waals surface area contributed by atoms with Gasteiger partial charge in [-0.3, -0.25) is 4.79 Å². The van der Waals surface area contributed by atoms with Crippen molar-refractivity contribution in [3.05, 3.63) is 75.3 Å². The van der Waals surface area contributed by atoms with Crippen LogP contribution in [0.25, 0.3) is 15.9 Å². The van der Waals surface area contributed by atoms with E-state index in [4.69, 9.17) is 11.6 Å². The fourth-order valence-corrected chi connectivity index (χ4v) is 4.13. The van der Waals surface area contributed by atoms with E-state index in [1.54, 1.807) is 0 Å². The number of hydrogen-bond donors (Lipinski definition) is 1. The van der Waals surface area contributed by atoms with E-state index in [1.807, 2.05) is 67.1 Å². The second-order valence-electron chi connectivity index (χ2n) is 6.56. The number of fused-ring (bicyclic) bond motifs is 1. The third-order valence-corrected chi connectivity index (χ3v) is 5.97. The maximum Gasteiger partial charge on any atom is 0.265 e. The molecule has 1 N–H and O–H groups in total. The fraction of sp³-hybridized carbons (Fsp3) is 0.143. The van der Waals surface area contributed by atoms with Crippen molar-refractivity contribution in [2.24, 2.45) is 0 Å². The minimum atomic E-state index is -0.110. The molecule has 4 aromatic rings. The zero-order valence-electron chi connectivity index (χ0n) is 15.2. The second kappa shape index (κ2) is 6.83. The normalized spacial score (nSPS) is 11.1. The van der Waals surface area contributed by atoms with Gasteiger partial charge in [0.25, 0.3) is 5.91 Å². The van der Waals surface area contributed by atoms with Crippen molar-refractivity contribution in [3.8, 4) is 5.69 Å². The summed E-state index contributed by atoms with van der Waals surface area (Å²) in [6.45, 7) is 6.04. The van der Waals surface area contributed by atoms with Gasteiger partial charge >= 0.3 is 0 Å². The van der Waals surface area contributed by atoms with Crippen LogP contribution < -0.4 is 5.32 Å². The summed E-state index contributed by atoms with van der Waals surface area (Å²) in [5, 5.41) is 9.26. The SMILES string of the molecule is Cc1ccc(NC(=O)c2cc3c(C)nn(-c4ccc(Cl)cc4)c3s2)cc1C. The Kier molecular flexibility index (Phi) is 4.50. The van der Waals surface area contributed by atoms with Gasteiger partial charge in [-0.05, 0) is 74.4 Å². The molecular weight excluding hydrogens is 378 g/mol. The number of halogens is 1. The van der Waals surface area contributed by atoms with Crippen LogP contribution in [0.4, 0.5) is 5.69 Å². The van der Waals surface area contributed by atoms with Gasteiger partial charge in [0.15, 0.2) is 0 Å². The van der Waals surface area contributed by atoms with Gasteiger partial charge in [0.05, 0.1) is 16.3 Å². The summed E-state index contributed by atoms with van der Waals surface area (Å²) in [6, 6.07) is 15.3. The van der Waals surface area contributed by atoms with Crippen molar-refractivity contribution < 1.29 is 4.79 Å². The van der Waals surface area contributed by atoms with Crippen molar-refractivity contribution >= 4 is 44.7 Å². The Hall–Kier alpha value is -2.63. The Morgan fingerprint density at radius 2 is 1.78 bits per heavy atom. The predicted octanol–water partition coefficient (Wildman–Crippen LogP) is 5.92. The molecule has 2 heterocycles. The lowest BCUT2D eigenvalue weighted by Crippen LogP contribution is -2.10. The molecule has 2 aromatic carbocycles. The molecule has 0 atom stereocenters. The number of carbonyl (C=O) groups is 1. The number of hydrogen-bond acceptors (Lipinski definition) is 3. The first kappa shape index (κ1) is 17.8. The van der Waals surface area contributed by atoms with Crippen molar-refractivity contribution in [2.75, 3.05) is 5.32 Å². The molecule has 1 amide bonds. The molecule has 27 heavy (non-hydrogen) atoms.